The van der Waals surface area contributed by atoms with Gasteiger partial charge in [-0.3, -0.25) is 14.3 Å². The van der Waals surface area contributed by atoms with Gasteiger partial charge in [0.25, 0.3) is 0 Å². The number of piperidine rings is 1. The molecule has 0 bridgehead atoms. The average molecular weight is 480 g/mol. The van der Waals surface area contributed by atoms with Gasteiger partial charge in [0.1, 0.15) is 5.82 Å². The van der Waals surface area contributed by atoms with Crippen LogP contribution in [0.3, 0.4) is 0 Å². The number of thioether (sulfide) groups is 1. The number of hydrogen-bond acceptors (Lipinski definition) is 5. The van der Waals surface area contributed by atoms with E-state index in [1.165, 1.54) is 54.3 Å². The van der Waals surface area contributed by atoms with Crippen LogP contribution in [0.15, 0.2) is 53.7 Å². The van der Waals surface area contributed by atoms with Gasteiger partial charge < -0.3 is 5.32 Å². The van der Waals surface area contributed by atoms with E-state index in [1.807, 2.05) is 10.6 Å². The summed E-state index contributed by atoms with van der Waals surface area (Å²) in [7, 11) is 0. The highest BCUT2D eigenvalue weighted by Gasteiger charge is 2.23. The molecular weight excluding hydrogens is 449 g/mol. The van der Waals surface area contributed by atoms with Crippen LogP contribution in [-0.4, -0.2) is 44.4 Å². The Morgan fingerprint density at radius 1 is 1.03 bits per heavy atom. The Hall–Kier alpha value is -2.71. The highest BCUT2D eigenvalue weighted by atomic mass is 32.2. The van der Waals surface area contributed by atoms with E-state index in [0.29, 0.717) is 11.7 Å². The predicted molar refractivity (Wildman–Crippen MR) is 131 cm³/mol. The maximum absolute atomic E-state index is 13.6. The first-order chi connectivity index (χ1) is 16.7. The number of aryl methyl sites for hydroxylation is 1. The molecule has 34 heavy (non-hydrogen) atoms. The molecule has 2 aliphatic rings. The van der Waals surface area contributed by atoms with Crippen LogP contribution in [0.2, 0.25) is 0 Å². The summed E-state index contributed by atoms with van der Waals surface area (Å²) in [5, 5.41) is 12.7. The summed E-state index contributed by atoms with van der Waals surface area (Å²) in [6.07, 6.45) is 6.75. The summed E-state index contributed by atoms with van der Waals surface area (Å²) in [5.74, 6) is 0.771. The van der Waals surface area contributed by atoms with E-state index in [4.69, 9.17) is 0 Å². The summed E-state index contributed by atoms with van der Waals surface area (Å²) >= 11 is 1.37. The number of nitrogens with zero attached hydrogens (tertiary/aromatic N) is 4. The van der Waals surface area contributed by atoms with Crippen LogP contribution >= 0.6 is 11.8 Å². The van der Waals surface area contributed by atoms with Crippen LogP contribution in [0.5, 0.6) is 0 Å². The second kappa shape index (κ2) is 10.7. The Morgan fingerprint density at radius 2 is 1.82 bits per heavy atom. The molecule has 0 spiro atoms. The zero-order valence-electron chi connectivity index (χ0n) is 19.3. The molecule has 3 aromatic rings. The van der Waals surface area contributed by atoms with E-state index >= 15 is 0 Å². The minimum atomic E-state index is -0.282. The second-order valence-corrected chi connectivity index (χ2v) is 9.99. The average Bonchev–Trinajstić information content (AvgIpc) is 3.26. The Kier molecular flexibility index (Phi) is 7.25. The monoisotopic (exact) mass is 479 g/mol. The molecule has 1 aliphatic heterocycles. The van der Waals surface area contributed by atoms with E-state index in [0.717, 1.165) is 43.9 Å². The second-order valence-electron chi connectivity index (χ2n) is 9.05. The van der Waals surface area contributed by atoms with Gasteiger partial charge in [0.05, 0.1) is 18.3 Å². The molecule has 1 fully saturated rings. The van der Waals surface area contributed by atoms with Crippen molar-refractivity contribution >= 4 is 17.7 Å². The zero-order valence-corrected chi connectivity index (χ0v) is 20.1. The molecule has 0 unspecified atom stereocenters. The summed E-state index contributed by atoms with van der Waals surface area (Å²) in [4.78, 5) is 15.2. The third-order valence-corrected chi connectivity index (χ3v) is 7.56. The Bertz CT molecular complexity index is 1130. The van der Waals surface area contributed by atoms with E-state index in [1.54, 1.807) is 12.1 Å². The van der Waals surface area contributed by atoms with Crippen molar-refractivity contribution < 1.29 is 9.18 Å². The molecule has 1 aliphatic carbocycles. The topological polar surface area (TPSA) is 63.1 Å². The van der Waals surface area contributed by atoms with Crippen molar-refractivity contribution in [2.24, 2.45) is 0 Å². The lowest BCUT2D eigenvalue weighted by Crippen LogP contribution is -2.32. The third kappa shape index (κ3) is 5.33. The molecule has 2 heterocycles. The van der Waals surface area contributed by atoms with E-state index in [2.05, 4.69) is 38.6 Å². The molecule has 1 saturated heterocycles. The quantitative estimate of drug-likeness (QED) is 0.499. The molecule has 2 aromatic carbocycles. The highest BCUT2D eigenvalue weighted by molar-refractivity contribution is 7.99. The number of amides is 1. The van der Waals surface area contributed by atoms with Crippen LogP contribution in [0.1, 0.15) is 55.1 Å². The molecular formula is C26H30FN5OS. The minimum Gasteiger partial charge on any atom is -0.349 e. The molecule has 178 valence electrons. The maximum atomic E-state index is 13.6. The van der Waals surface area contributed by atoms with Crippen molar-refractivity contribution in [2.75, 3.05) is 18.8 Å². The fraction of sp³-hybridized carbons (Fsp3) is 0.423. The van der Waals surface area contributed by atoms with Crippen LogP contribution < -0.4 is 5.32 Å². The summed E-state index contributed by atoms with van der Waals surface area (Å²) in [6, 6.07) is 14.8. The normalized spacial score (nSPS) is 18.4. The van der Waals surface area contributed by atoms with Crippen molar-refractivity contribution in [1.29, 1.82) is 0 Å². The van der Waals surface area contributed by atoms with Crippen molar-refractivity contribution in [3.8, 4) is 5.69 Å². The van der Waals surface area contributed by atoms with Crippen LogP contribution in [0, 0.1) is 5.82 Å². The van der Waals surface area contributed by atoms with Gasteiger partial charge in [-0.25, -0.2) is 4.39 Å². The standard InChI is InChI=1S/C26H30FN5OS/c27-20-11-13-21(14-12-20)32-24(17-31-15-4-1-5-16-31)29-30-26(32)34-18-25(33)28-23-10-6-8-19-7-2-3-9-22(19)23/h2-3,7,9,11-14,23H,1,4-6,8,10,15-18H2,(H,28,33)/t23-/m0/s1. The van der Waals surface area contributed by atoms with Gasteiger partial charge in [0.15, 0.2) is 11.0 Å². The fourth-order valence-electron chi connectivity index (χ4n) is 4.93. The first kappa shape index (κ1) is 23.1. The van der Waals surface area contributed by atoms with Gasteiger partial charge >= 0.3 is 0 Å². The Balaban J connectivity index is 1.30. The highest BCUT2D eigenvalue weighted by Crippen LogP contribution is 2.30. The lowest BCUT2D eigenvalue weighted by Gasteiger charge is -2.26. The van der Waals surface area contributed by atoms with Gasteiger partial charge in [-0.05, 0) is 80.6 Å². The number of halogens is 1. The number of benzene rings is 2. The summed E-state index contributed by atoms with van der Waals surface area (Å²) < 4.78 is 15.5. The van der Waals surface area contributed by atoms with Gasteiger partial charge in [0.2, 0.25) is 5.91 Å². The molecule has 1 amide bonds. The lowest BCUT2D eigenvalue weighted by atomic mass is 9.88. The first-order valence-corrected chi connectivity index (χ1v) is 13.1. The number of hydrogen-bond donors (Lipinski definition) is 1. The van der Waals surface area contributed by atoms with Crippen LogP contribution in [0.25, 0.3) is 5.69 Å². The van der Waals surface area contributed by atoms with Crippen LogP contribution in [0.4, 0.5) is 4.39 Å². The molecule has 1 N–H and O–H groups in total. The smallest absolute Gasteiger partial charge is 0.230 e. The fourth-order valence-corrected chi connectivity index (χ4v) is 5.72. The van der Waals surface area contributed by atoms with Crippen molar-refractivity contribution in [3.05, 3.63) is 71.3 Å². The molecule has 6 nitrogen and oxygen atoms in total. The van der Waals surface area contributed by atoms with E-state index < -0.39 is 0 Å². The van der Waals surface area contributed by atoms with Crippen molar-refractivity contribution in [2.45, 2.75) is 56.3 Å². The molecule has 1 atom stereocenters. The molecule has 8 heteroatoms. The number of likely N-dealkylation sites (tertiary alicyclic amines) is 1. The predicted octanol–water partition coefficient (Wildman–Crippen LogP) is 4.68. The first-order valence-electron chi connectivity index (χ1n) is 12.1. The van der Waals surface area contributed by atoms with Crippen LogP contribution in [-0.2, 0) is 17.8 Å². The van der Waals surface area contributed by atoms with Gasteiger partial charge in [-0.15, -0.1) is 10.2 Å². The molecule has 1 aromatic heterocycles. The lowest BCUT2D eigenvalue weighted by molar-refractivity contribution is -0.119. The Labute approximate surface area is 203 Å². The zero-order chi connectivity index (χ0) is 23.3. The molecule has 5 rings (SSSR count). The number of rotatable bonds is 7. The number of aromatic nitrogens is 3. The van der Waals surface area contributed by atoms with Gasteiger partial charge in [-0.2, -0.15) is 0 Å². The van der Waals surface area contributed by atoms with Crippen molar-refractivity contribution in [1.82, 2.24) is 25.0 Å². The SMILES string of the molecule is O=C(CSc1nnc(CN2CCCCC2)n1-c1ccc(F)cc1)N[C@H]1CCCc2ccccc21. The van der Waals surface area contributed by atoms with Crippen molar-refractivity contribution in [3.63, 3.8) is 0 Å². The summed E-state index contributed by atoms with van der Waals surface area (Å²) in [6.45, 7) is 2.78. The van der Waals surface area contributed by atoms with Gasteiger partial charge in [-0.1, -0.05) is 42.4 Å². The van der Waals surface area contributed by atoms with E-state index in [9.17, 15) is 9.18 Å². The molecule has 0 saturated carbocycles. The van der Waals surface area contributed by atoms with E-state index in [-0.39, 0.29) is 23.5 Å². The largest absolute Gasteiger partial charge is 0.349 e. The number of fused-ring (bicyclic) bond motifs is 1. The summed E-state index contributed by atoms with van der Waals surface area (Å²) in [5.41, 5.74) is 3.36. The van der Waals surface area contributed by atoms with Gasteiger partial charge in [0, 0.05) is 5.69 Å². The number of carbonyl (C=O) groups is 1. The maximum Gasteiger partial charge on any atom is 0.230 e. The third-order valence-electron chi connectivity index (χ3n) is 6.64. The Morgan fingerprint density at radius 3 is 2.65 bits per heavy atom. The number of nitrogens with one attached hydrogen (secondary N) is 1. The number of carbonyl (C=O) groups excluding carboxylic acids is 1. The minimum absolute atomic E-state index is 0.0158. The molecule has 0 radical (unpaired) electrons.